The van der Waals surface area contributed by atoms with E-state index in [0.29, 0.717) is 11.1 Å². The number of nitrogens with zero attached hydrogens (tertiary/aromatic N) is 1. The smallest absolute Gasteiger partial charge is 0.0465 e. The Hall–Kier alpha value is -0.280. The molecule has 0 aliphatic carbocycles. The molecule has 1 saturated heterocycles. The second kappa shape index (κ2) is 6.76. The van der Waals surface area contributed by atoms with Gasteiger partial charge in [0.1, 0.15) is 0 Å². The van der Waals surface area contributed by atoms with Gasteiger partial charge in [0.2, 0.25) is 0 Å². The average molecular weight is 287 g/mol. The summed E-state index contributed by atoms with van der Waals surface area (Å²) >= 11 is 12.0. The minimum atomic E-state index is 0.481. The molecule has 0 amide bonds. The molecular formula is C14H20Cl2N2. The van der Waals surface area contributed by atoms with Crippen LogP contribution in [0.25, 0.3) is 0 Å². The van der Waals surface area contributed by atoms with Gasteiger partial charge < -0.3 is 10.2 Å². The molecule has 1 fully saturated rings. The third-order valence-corrected chi connectivity index (χ3v) is 3.97. The van der Waals surface area contributed by atoms with Crippen LogP contribution in [0.1, 0.15) is 25.3 Å². The zero-order chi connectivity index (χ0) is 13.0. The van der Waals surface area contributed by atoms with Crippen LogP contribution in [0.2, 0.25) is 10.0 Å². The van der Waals surface area contributed by atoms with Crippen molar-refractivity contribution in [2.24, 2.45) is 0 Å². The number of benzene rings is 1. The molecular weight excluding hydrogens is 267 g/mol. The second-order valence-electron chi connectivity index (χ2n) is 5.03. The first kappa shape index (κ1) is 14.1. The zero-order valence-corrected chi connectivity index (χ0v) is 12.3. The summed E-state index contributed by atoms with van der Waals surface area (Å²) in [6.45, 7) is 6.62. The van der Waals surface area contributed by atoms with Crippen LogP contribution in [-0.4, -0.2) is 30.6 Å². The maximum Gasteiger partial charge on any atom is 0.0465 e. The molecule has 2 nitrogen and oxygen atoms in total. The van der Waals surface area contributed by atoms with Crippen LogP contribution in [0.3, 0.4) is 0 Å². The van der Waals surface area contributed by atoms with Crippen molar-refractivity contribution in [1.82, 2.24) is 10.2 Å². The van der Waals surface area contributed by atoms with Gasteiger partial charge >= 0.3 is 0 Å². The lowest BCUT2D eigenvalue weighted by Gasteiger charge is -2.21. The van der Waals surface area contributed by atoms with Crippen LogP contribution in [-0.2, 0) is 6.54 Å². The summed E-state index contributed by atoms with van der Waals surface area (Å²) in [6, 6.07) is 6.15. The Bertz CT molecular complexity index is 389. The van der Waals surface area contributed by atoms with Gasteiger partial charge in [0.05, 0.1) is 0 Å². The van der Waals surface area contributed by atoms with Gasteiger partial charge in [-0.05, 0) is 50.6 Å². The Morgan fingerprint density at radius 1 is 1.28 bits per heavy atom. The molecule has 0 spiro atoms. The van der Waals surface area contributed by atoms with Crippen molar-refractivity contribution in [3.05, 3.63) is 33.8 Å². The third kappa shape index (κ3) is 4.13. The first-order chi connectivity index (χ1) is 8.65. The Balaban J connectivity index is 1.79. The third-order valence-electron chi connectivity index (χ3n) is 3.39. The molecule has 18 heavy (non-hydrogen) atoms. The van der Waals surface area contributed by atoms with Crippen LogP contribution in [0.15, 0.2) is 18.2 Å². The molecule has 0 saturated carbocycles. The van der Waals surface area contributed by atoms with Crippen molar-refractivity contribution < 1.29 is 0 Å². The molecule has 1 aromatic carbocycles. The van der Waals surface area contributed by atoms with Gasteiger partial charge in [0, 0.05) is 29.2 Å². The number of hydrogen-bond acceptors (Lipinski definition) is 2. The van der Waals surface area contributed by atoms with Gasteiger partial charge in [-0.3, -0.25) is 0 Å². The van der Waals surface area contributed by atoms with Gasteiger partial charge in [-0.25, -0.2) is 0 Å². The zero-order valence-electron chi connectivity index (χ0n) is 10.8. The quantitative estimate of drug-likeness (QED) is 0.890. The maximum absolute atomic E-state index is 6.15. The van der Waals surface area contributed by atoms with Crippen molar-refractivity contribution >= 4 is 23.2 Å². The molecule has 0 bridgehead atoms. The van der Waals surface area contributed by atoms with E-state index in [9.17, 15) is 0 Å². The molecule has 1 aliphatic heterocycles. The molecule has 2 rings (SSSR count). The van der Waals surface area contributed by atoms with E-state index in [1.54, 1.807) is 6.07 Å². The van der Waals surface area contributed by atoms with E-state index in [2.05, 4.69) is 17.1 Å². The monoisotopic (exact) mass is 286 g/mol. The van der Waals surface area contributed by atoms with Crippen molar-refractivity contribution in [2.45, 2.75) is 32.4 Å². The highest BCUT2D eigenvalue weighted by Crippen LogP contribution is 2.20. The molecule has 1 unspecified atom stereocenters. The van der Waals surface area contributed by atoms with Gasteiger partial charge in [0.15, 0.2) is 0 Å². The molecule has 0 aromatic heterocycles. The molecule has 100 valence electrons. The highest BCUT2D eigenvalue weighted by Gasteiger charge is 2.14. The number of hydrogen-bond donors (Lipinski definition) is 1. The standard InChI is InChI=1S/C14H20Cl2N2/c1-11(10-18-6-2-3-7-18)17-9-12-4-5-13(15)8-14(12)16/h4-5,8,11,17H,2-3,6-7,9-10H2,1H3. The molecule has 1 aromatic rings. The number of rotatable bonds is 5. The first-order valence-corrected chi connectivity index (χ1v) is 7.30. The minimum absolute atomic E-state index is 0.481. The van der Waals surface area contributed by atoms with Crippen molar-refractivity contribution in [2.75, 3.05) is 19.6 Å². The van der Waals surface area contributed by atoms with E-state index >= 15 is 0 Å². The SMILES string of the molecule is CC(CN1CCCC1)NCc1ccc(Cl)cc1Cl. The normalized spacial score (nSPS) is 18.2. The molecule has 1 aliphatic rings. The number of halogens is 2. The maximum atomic E-state index is 6.15. The van der Waals surface area contributed by atoms with Gasteiger partial charge in [0.25, 0.3) is 0 Å². The van der Waals surface area contributed by atoms with Gasteiger partial charge in [-0.2, -0.15) is 0 Å². The van der Waals surface area contributed by atoms with Gasteiger partial charge in [-0.1, -0.05) is 29.3 Å². The summed E-state index contributed by atoms with van der Waals surface area (Å²) in [4.78, 5) is 2.52. The predicted molar refractivity (Wildman–Crippen MR) is 78.4 cm³/mol. The predicted octanol–water partition coefficient (Wildman–Crippen LogP) is 3.57. The summed E-state index contributed by atoms with van der Waals surface area (Å²) in [7, 11) is 0. The fraction of sp³-hybridized carbons (Fsp3) is 0.571. The van der Waals surface area contributed by atoms with Crippen LogP contribution in [0, 0.1) is 0 Å². The van der Waals surface area contributed by atoms with E-state index in [1.165, 1.54) is 25.9 Å². The fourth-order valence-electron chi connectivity index (χ4n) is 2.37. The Morgan fingerprint density at radius 2 is 2.00 bits per heavy atom. The van der Waals surface area contributed by atoms with Crippen molar-refractivity contribution in [1.29, 1.82) is 0 Å². The van der Waals surface area contributed by atoms with Crippen LogP contribution < -0.4 is 5.32 Å². The largest absolute Gasteiger partial charge is 0.309 e. The van der Waals surface area contributed by atoms with Crippen molar-refractivity contribution in [3.63, 3.8) is 0 Å². The van der Waals surface area contributed by atoms with Crippen LogP contribution in [0.4, 0.5) is 0 Å². The molecule has 4 heteroatoms. The topological polar surface area (TPSA) is 15.3 Å². The number of likely N-dealkylation sites (tertiary alicyclic amines) is 1. The van der Waals surface area contributed by atoms with E-state index in [1.807, 2.05) is 12.1 Å². The minimum Gasteiger partial charge on any atom is -0.309 e. The molecule has 1 heterocycles. The summed E-state index contributed by atoms with van der Waals surface area (Å²) < 4.78 is 0. The van der Waals surface area contributed by atoms with E-state index in [-0.39, 0.29) is 0 Å². The Kier molecular flexibility index (Phi) is 5.31. The molecule has 1 atom stereocenters. The summed E-state index contributed by atoms with van der Waals surface area (Å²) in [5.74, 6) is 0. The second-order valence-corrected chi connectivity index (χ2v) is 5.87. The van der Waals surface area contributed by atoms with Crippen LogP contribution in [0.5, 0.6) is 0 Å². The lowest BCUT2D eigenvalue weighted by Crippen LogP contribution is -2.37. The lowest BCUT2D eigenvalue weighted by atomic mass is 10.2. The average Bonchev–Trinajstić information content (AvgIpc) is 2.80. The van der Waals surface area contributed by atoms with E-state index in [0.717, 1.165) is 23.7 Å². The fourth-order valence-corrected chi connectivity index (χ4v) is 2.84. The molecule has 0 radical (unpaired) electrons. The summed E-state index contributed by atoms with van der Waals surface area (Å²) in [6.07, 6.45) is 2.69. The highest BCUT2D eigenvalue weighted by atomic mass is 35.5. The van der Waals surface area contributed by atoms with Gasteiger partial charge in [-0.15, -0.1) is 0 Å². The van der Waals surface area contributed by atoms with Crippen LogP contribution >= 0.6 is 23.2 Å². The highest BCUT2D eigenvalue weighted by molar-refractivity contribution is 6.35. The van der Waals surface area contributed by atoms with Crippen molar-refractivity contribution in [3.8, 4) is 0 Å². The molecule has 1 N–H and O–H groups in total. The lowest BCUT2D eigenvalue weighted by molar-refractivity contribution is 0.298. The Morgan fingerprint density at radius 3 is 2.67 bits per heavy atom. The summed E-state index contributed by atoms with van der Waals surface area (Å²) in [5.41, 5.74) is 1.11. The van der Waals surface area contributed by atoms with E-state index < -0.39 is 0 Å². The Labute approximate surface area is 119 Å². The van der Waals surface area contributed by atoms with E-state index in [4.69, 9.17) is 23.2 Å². The summed E-state index contributed by atoms with van der Waals surface area (Å²) in [5, 5.41) is 4.94. The first-order valence-electron chi connectivity index (χ1n) is 6.55. The number of nitrogens with one attached hydrogen (secondary N) is 1.